The van der Waals surface area contributed by atoms with Gasteiger partial charge in [-0.25, -0.2) is 20.0 Å². The predicted molar refractivity (Wildman–Crippen MR) is 294 cm³/mol. The number of hydrogen-bond donors (Lipinski definition) is 2. The zero-order valence-corrected chi connectivity index (χ0v) is 50.0. The van der Waals surface area contributed by atoms with E-state index in [2.05, 4.69) is 108 Å². The molecule has 0 radical (unpaired) electrons. The molecule has 10 nitrogen and oxygen atoms in total. The van der Waals surface area contributed by atoms with Gasteiger partial charge < -0.3 is 9.11 Å². The SMILES string of the molecule is CCC.CCC[N+](C)(C)NC(=O)CC[C@@H](C)[C@H]1CCC2C3CCC4CCCC[C@]4(C)C3CC[C@@]21C.CCC[N+](C)(C)NC(=O)CC[C@@H](C)[C@H]1CCC2C3CCC4CCCC[C@]4(C)C3CC[C@@]21C.O=S(=O)([O-])[O-]. The number of carbonyl (C=O) groups excluding carboxylic acids is 2. The molecule has 0 heterocycles. The summed E-state index contributed by atoms with van der Waals surface area (Å²) in [4.78, 5) is 25.3. The van der Waals surface area contributed by atoms with Gasteiger partial charge in [0.2, 0.25) is 0 Å². The Morgan fingerprint density at radius 1 is 0.514 bits per heavy atom. The number of nitrogens with zero attached hydrogens (tertiary/aromatic N) is 2. The Balaban J connectivity index is 0.000000233. The van der Waals surface area contributed by atoms with E-state index in [4.69, 9.17) is 17.5 Å². The van der Waals surface area contributed by atoms with E-state index in [1.54, 1.807) is 0 Å². The molecule has 8 aliphatic carbocycles. The van der Waals surface area contributed by atoms with Crippen LogP contribution >= 0.6 is 0 Å². The molecule has 16 atom stereocenters. The van der Waals surface area contributed by atoms with E-state index in [0.717, 1.165) is 98.0 Å². The summed E-state index contributed by atoms with van der Waals surface area (Å²) in [5, 5.41) is 0. The summed E-state index contributed by atoms with van der Waals surface area (Å²) >= 11 is 0. The van der Waals surface area contributed by atoms with Crippen molar-refractivity contribution in [2.45, 2.75) is 243 Å². The number of hydrogen-bond acceptors (Lipinski definition) is 6. The van der Waals surface area contributed by atoms with E-state index in [9.17, 15) is 9.59 Å². The van der Waals surface area contributed by atoms with Gasteiger partial charge >= 0.3 is 0 Å². The molecular formula is C61H114N4O6S. The van der Waals surface area contributed by atoms with Crippen molar-refractivity contribution < 1.29 is 36.3 Å². The van der Waals surface area contributed by atoms with Crippen LogP contribution in [0.25, 0.3) is 0 Å². The van der Waals surface area contributed by atoms with Crippen LogP contribution < -0.4 is 10.9 Å². The second-order valence-corrected chi connectivity index (χ2v) is 29.1. The predicted octanol–water partition coefficient (Wildman–Crippen LogP) is 14.0. The third-order valence-electron chi connectivity index (χ3n) is 22.8. The van der Waals surface area contributed by atoms with Crippen molar-refractivity contribution in [1.29, 1.82) is 0 Å². The summed E-state index contributed by atoms with van der Waals surface area (Å²) in [7, 11) is 3.25. The summed E-state index contributed by atoms with van der Waals surface area (Å²) in [5.74, 6) is 11.3. The third-order valence-corrected chi connectivity index (χ3v) is 22.8. The molecule has 0 aromatic heterocycles. The second kappa shape index (κ2) is 25.5. The van der Waals surface area contributed by atoms with Crippen LogP contribution in [0.15, 0.2) is 0 Å². The van der Waals surface area contributed by atoms with E-state index in [1.165, 1.54) is 135 Å². The van der Waals surface area contributed by atoms with Crippen molar-refractivity contribution in [3.05, 3.63) is 0 Å². The molecule has 2 amide bonds. The highest BCUT2D eigenvalue weighted by molar-refractivity contribution is 7.79. The molecule has 8 saturated carbocycles. The van der Waals surface area contributed by atoms with Crippen molar-refractivity contribution >= 4 is 22.2 Å². The van der Waals surface area contributed by atoms with Crippen molar-refractivity contribution in [3.8, 4) is 0 Å². The summed E-state index contributed by atoms with van der Waals surface area (Å²) in [6.07, 6.45) is 36.5. The average Bonchev–Trinajstić information content (AvgIpc) is 3.83. The Labute approximate surface area is 444 Å². The van der Waals surface area contributed by atoms with Crippen LogP contribution in [-0.2, 0) is 20.0 Å². The number of quaternary nitrogens is 2. The highest BCUT2D eigenvalue weighted by atomic mass is 32.3. The maximum absolute atomic E-state index is 12.6. The highest BCUT2D eigenvalue weighted by Gasteiger charge is 2.62. The van der Waals surface area contributed by atoms with E-state index < -0.39 is 10.4 Å². The summed E-state index contributed by atoms with van der Waals surface area (Å²) < 4.78 is 35.3. The first kappa shape index (κ1) is 61.6. The van der Waals surface area contributed by atoms with Gasteiger partial charge in [-0.1, -0.05) is 101 Å². The molecule has 0 spiro atoms. The summed E-state index contributed by atoms with van der Waals surface area (Å²) in [6.45, 7) is 26.2. The summed E-state index contributed by atoms with van der Waals surface area (Å²) in [6, 6.07) is 0. The molecule has 0 aliphatic heterocycles. The third kappa shape index (κ3) is 14.6. The number of nitrogens with one attached hydrogen (secondary N) is 2. The minimum absolute atomic E-state index is 0.238. The second-order valence-electron chi connectivity index (χ2n) is 28.3. The van der Waals surface area contributed by atoms with Gasteiger partial charge in [-0.05, 0) is 221 Å². The molecule has 8 rings (SSSR count). The van der Waals surface area contributed by atoms with Gasteiger partial charge in [-0.2, -0.15) is 0 Å². The van der Waals surface area contributed by atoms with E-state index in [-0.39, 0.29) is 11.8 Å². The molecule has 8 aliphatic rings. The maximum Gasteiger partial charge on any atom is 0.264 e. The lowest BCUT2D eigenvalue weighted by atomic mass is 9.44. The lowest BCUT2D eigenvalue weighted by Crippen LogP contribution is -2.54. The lowest BCUT2D eigenvalue weighted by Gasteiger charge is -2.61. The molecule has 0 bridgehead atoms. The van der Waals surface area contributed by atoms with Crippen molar-refractivity contribution in [2.24, 2.45) is 92.7 Å². The topological polar surface area (TPSA) is 138 Å². The highest BCUT2D eigenvalue weighted by Crippen LogP contribution is 2.70. The Kier molecular flexibility index (Phi) is 21.8. The van der Waals surface area contributed by atoms with Crippen molar-refractivity contribution in [2.75, 3.05) is 41.3 Å². The maximum atomic E-state index is 12.6. The van der Waals surface area contributed by atoms with Gasteiger partial charge in [0.05, 0.1) is 28.2 Å². The van der Waals surface area contributed by atoms with Crippen LogP contribution in [0.3, 0.4) is 0 Å². The Morgan fingerprint density at radius 3 is 1.18 bits per heavy atom. The fourth-order valence-corrected chi connectivity index (χ4v) is 19.7. The van der Waals surface area contributed by atoms with Gasteiger partial charge in [0.1, 0.15) is 13.1 Å². The lowest BCUT2D eigenvalue weighted by molar-refractivity contribution is -0.925. The monoisotopic (exact) mass is 1030 g/mol. The molecule has 8 fully saturated rings. The Bertz CT molecular complexity index is 1720. The standard InChI is InChI=1S/2C29H52N2O.C3H8.H2O4S/c2*1-7-20-31(5,6)30-27(32)16-11-21(2)24-14-15-25-23-13-12-22-10-8-9-18-28(22,3)26(23)17-19-29(24,25)4;1-3-2;1-5(2,3)4/h2*21-26H,7-20H2,1-6H3;3H2,1-2H3;(H2,1,2,3,4)/t2*21-,22?,23?,24-,25?,26?,28+,29-;;/m11../s1. The molecule has 0 aromatic carbocycles. The van der Waals surface area contributed by atoms with Gasteiger partial charge in [0, 0.05) is 23.2 Å². The molecule has 2 N–H and O–H groups in total. The number of carbonyl (C=O) groups is 2. The first-order valence-corrected chi connectivity index (χ1v) is 31.9. The van der Waals surface area contributed by atoms with Crippen molar-refractivity contribution in [3.63, 3.8) is 0 Å². The van der Waals surface area contributed by atoms with E-state index in [0.29, 0.717) is 55.5 Å². The van der Waals surface area contributed by atoms with E-state index >= 15 is 0 Å². The van der Waals surface area contributed by atoms with Gasteiger partial charge in [0.15, 0.2) is 0 Å². The summed E-state index contributed by atoms with van der Waals surface area (Å²) in [5.41, 5.74) is 8.80. The van der Waals surface area contributed by atoms with Crippen molar-refractivity contribution in [1.82, 2.24) is 10.9 Å². The quantitative estimate of drug-likeness (QED) is 0.0769. The van der Waals surface area contributed by atoms with Crippen LogP contribution in [0, 0.1) is 92.7 Å². The van der Waals surface area contributed by atoms with Crippen LogP contribution in [0.5, 0.6) is 0 Å². The van der Waals surface area contributed by atoms with Gasteiger partial charge in [-0.3, -0.25) is 18.0 Å². The van der Waals surface area contributed by atoms with E-state index in [1.807, 2.05) is 0 Å². The zero-order valence-electron chi connectivity index (χ0n) is 49.2. The largest absolute Gasteiger partial charge is 0.759 e. The van der Waals surface area contributed by atoms with Gasteiger partial charge in [-0.15, -0.1) is 0 Å². The minimum atomic E-state index is -5.17. The molecule has 72 heavy (non-hydrogen) atoms. The minimum Gasteiger partial charge on any atom is -0.759 e. The zero-order chi connectivity index (χ0) is 53.5. The molecule has 0 saturated heterocycles. The number of amides is 2. The number of rotatable bonds is 14. The average molecular weight is 1030 g/mol. The van der Waals surface area contributed by atoms with Gasteiger partial charge in [0.25, 0.3) is 11.8 Å². The smallest absolute Gasteiger partial charge is 0.264 e. The van der Waals surface area contributed by atoms with Crippen LogP contribution in [0.1, 0.15) is 243 Å². The fraction of sp³-hybridized carbons (Fsp3) is 0.967. The first-order chi connectivity index (χ1) is 33.6. The molecule has 11 heteroatoms. The first-order valence-electron chi connectivity index (χ1n) is 30.6. The fourth-order valence-electron chi connectivity index (χ4n) is 19.7. The normalized spacial score (nSPS) is 38.8. The van der Waals surface area contributed by atoms with Crippen LogP contribution in [-0.4, -0.2) is 79.8 Å². The molecule has 8 unspecified atom stereocenters. The van der Waals surface area contributed by atoms with Crippen LogP contribution in [0.4, 0.5) is 0 Å². The molecule has 420 valence electrons. The number of fused-ring (bicyclic) bond motifs is 10. The Hall–Kier alpha value is -1.27. The molecule has 0 aromatic rings. The van der Waals surface area contributed by atoms with Crippen LogP contribution in [0.2, 0.25) is 0 Å². The molecular weight excluding hydrogens is 917 g/mol. The Morgan fingerprint density at radius 2 is 0.847 bits per heavy atom.